The molecule has 2 aliphatic rings. The topological polar surface area (TPSA) is 187 Å². The molecule has 0 bridgehead atoms. The number of benzene rings is 2. The third-order valence-electron chi connectivity index (χ3n) is 8.50. The van der Waals surface area contributed by atoms with Crippen LogP contribution in [0.2, 0.25) is 5.02 Å². The van der Waals surface area contributed by atoms with Crippen molar-refractivity contribution in [3.63, 3.8) is 0 Å². The van der Waals surface area contributed by atoms with Crippen LogP contribution in [0.4, 0.5) is 0 Å². The molecule has 54 heavy (non-hydrogen) atoms. The van der Waals surface area contributed by atoms with Gasteiger partial charge in [0.15, 0.2) is 0 Å². The summed E-state index contributed by atoms with van der Waals surface area (Å²) in [6.07, 6.45) is 8.17. The van der Waals surface area contributed by atoms with Gasteiger partial charge in [-0.1, -0.05) is 79.0 Å². The second kappa shape index (κ2) is 25.7. The van der Waals surface area contributed by atoms with Gasteiger partial charge in [0.2, 0.25) is 27.6 Å². The molecule has 0 spiro atoms. The van der Waals surface area contributed by atoms with E-state index in [1.54, 1.807) is 42.6 Å². The van der Waals surface area contributed by atoms with E-state index in [1.165, 1.54) is 42.8 Å². The van der Waals surface area contributed by atoms with Gasteiger partial charge in [-0.3, -0.25) is 24.2 Å². The molecule has 0 radical (unpaired) electrons. The SMILES string of the molecule is CCC1CCNCC1.CS(=O)(=O)NCC(=O)N1CCCC1C(=O)NCC(=O)C(=O)NCCc1ccccn1.Cc1ccccc1.OCc1ccc(Cl)cc1. The Morgan fingerprint density at radius 1 is 0.926 bits per heavy atom. The average Bonchev–Trinajstić information content (AvgIpc) is 3.68. The van der Waals surface area contributed by atoms with Crippen molar-refractivity contribution in [2.24, 2.45) is 5.92 Å². The first-order chi connectivity index (χ1) is 25.8. The number of nitrogens with one attached hydrogen (secondary N) is 4. The van der Waals surface area contributed by atoms with Gasteiger partial charge in [0.1, 0.15) is 6.04 Å². The number of aromatic nitrogens is 1. The number of aliphatic hydroxyl groups excluding tert-OH is 1. The summed E-state index contributed by atoms with van der Waals surface area (Å²) in [6, 6.07) is 21.9. The predicted octanol–water partition coefficient (Wildman–Crippen LogP) is 3.19. The van der Waals surface area contributed by atoms with Crippen LogP contribution in [0.5, 0.6) is 0 Å². The number of nitrogens with zero attached hydrogens (tertiary/aromatic N) is 2. The van der Waals surface area contributed by atoms with Crippen molar-refractivity contribution in [3.8, 4) is 0 Å². The van der Waals surface area contributed by atoms with E-state index in [0.717, 1.165) is 23.4 Å². The lowest BCUT2D eigenvalue weighted by atomic mass is 9.96. The van der Waals surface area contributed by atoms with Crippen LogP contribution in [0.15, 0.2) is 79.0 Å². The number of Topliss-reactive ketones (excluding diaryl/α,β-unsaturated/α-hetero) is 1. The maximum atomic E-state index is 12.4. The number of piperidine rings is 1. The number of likely N-dealkylation sites (tertiary alicyclic amines) is 1. The summed E-state index contributed by atoms with van der Waals surface area (Å²) in [5.41, 5.74) is 2.98. The summed E-state index contributed by atoms with van der Waals surface area (Å²) in [6.45, 7) is 6.55. The smallest absolute Gasteiger partial charge is 0.289 e. The molecule has 5 rings (SSSR count). The van der Waals surface area contributed by atoms with Gasteiger partial charge in [-0.05, 0) is 81.4 Å². The molecule has 5 N–H and O–H groups in total. The van der Waals surface area contributed by atoms with E-state index in [0.29, 0.717) is 30.8 Å². The number of rotatable bonds is 12. The zero-order valence-electron chi connectivity index (χ0n) is 31.4. The van der Waals surface area contributed by atoms with Crippen LogP contribution in [-0.4, -0.2) is 98.5 Å². The Bertz CT molecular complexity index is 1660. The molecule has 1 atom stereocenters. The molecule has 3 aromatic rings. The van der Waals surface area contributed by atoms with Crippen LogP contribution < -0.4 is 20.7 Å². The van der Waals surface area contributed by atoms with E-state index in [9.17, 15) is 27.6 Å². The molecule has 2 saturated heterocycles. The van der Waals surface area contributed by atoms with Gasteiger partial charge in [0.25, 0.3) is 5.91 Å². The van der Waals surface area contributed by atoms with E-state index in [-0.39, 0.29) is 13.2 Å². The van der Waals surface area contributed by atoms with Crippen LogP contribution >= 0.6 is 11.6 Å². The van der Waals surface area contributed by atoms with Crippen molar-refractivity contribution in [1.82, 2.24) is 30.6 Å². The number of sulfonamides is 1. The predicted molar refractivity (Wildman–Crippen MR) is 211 cm³/mol. The maximum absolute atomic E-state index is 12.4. The summed E-state index contributed by atoms with van der Waals surface area (Å²) in [5.74, 6) is -1.69. The number of aryl methyl sites for hydroxylation is 1. The Morgan fingerprint density at radius 3 is 2.13 bits per heavy atom. The Kier molecular flexibility index (Phi) is 21.9. The summed E-state index contributed by atoms with van der Waals surface area (Å²) in [4.78, 5) is 53.7. The second-order valence-corrected chi connectivity index (χ2v) is 15.1. The zero-order valence-corrected chi connectivity index (χ0v) is 33.0. The molecule has 2 fully saturated rings. The molecule has 0 saturated carbocycles. The highest BCUT2D eigenvalue weighted by atomic mass is 35.5. The molecule has 13 nitrogen and oxygen atoms in total. The van der Waals surface area contributed by atoms with Gasteiger partial charge in [-0.15, -0.1) is 0 Å². The lowest BCUT2D eigenvalue weighted by Gasteiger charge is -2.23. The van der Waals surface area contributed by atoms with E-state index in [1.807, 2.05) is 24.3 Å². The number of amides is 3. The lowest BCUT2D eigenvalue weighted by molar-refractivity contribution is -0.140. The number of pyridine rings is 1. The highest BCUT2D eigenvalue weighted by molar-refractivity contribution is 7.88. The summed E-state index contributed by atoms with van der Waals surface area (Å²) >= 11 is 5.59. The summed E-state index contributed by atoms with van der Waals surface area (Å²) in [5, 5.41) is 17.5. The number of carbonyl (C=O) groups excluding carboxylic acids is 4. The van der Waals surface area contributed by atoms with Crippen molar-refractivity contribution in [2.75, 3.05) is 45.5 Å². The quantitative estimate of drug-likeness (QED) is 0.172. The van der Waals surface area contributed by atoms with Gasteiger partial charge < -0.3 is 26.0 Å². The molecule has 0 aliphatic carbocycles. The standard InChI is InChI=1S/C18H25N5O6S.C7H7ClO.C7H15N.C7H8/c1-30(28,29)22-12-16(25)23-10-4-6-14(23)17(26)21-11-15(24)18(27)20-9-7-13-5-2-3-8-19-13;8-7-3-1-6(5-9)2-4-7;1-2-7-3-5-8-6-4-7;1-7-5-3-2-4-6-7/h2-3,5,8,14,22H,4,6-7,9-12H2,1H3,(H,20,27)(H,21,26);1-4,9H,5H2;7-8H,2-6H2,1H3;2-6H,1H3. The maximum Gasteiger partial charge on any atom is 0.289 e. The fourth-order valence-electron chi connectivity index (χ4n) is 5.36. The number of ketones is 1. The Balaban J connectivity index is 0.000000333. The molecule has 3 heterocycles. The minimum absolute atomic E-state index is 0.0805. The highest BCUT2D eigenvalue weighted by Crippen LogP contribution is 2.17. The second-order valence-electron chi connectivity index (χ2n) is 12.8. The normalized spacial score (nSPS) is 15.2. The van der Waals surface area contributed by atoms with Gasteiger partial charge in [-0.25, -0.2) is 13.1 Å². The monoisotopic (exact) mass is 786 g/mol. The summed E-state index contributed by atoms with van der Waals surface area (Å²) < 4.78 is 24.3. The van der Waals surface area contributed by atoms with Crippen LogP contribution in [0.3, 0.4) is 0 Å². The van der Waals surface area contributed by atoms with Gasteiger partial charge in [0, 0.05) is 36.4 Å². The highest BCUT2D eigenvalue weighted by Gasteiger charge is 2.34. The van der Waals surface area contributed by atoms with Gasteiger partial charge >= 0.3 is 0 Å². The molecular formula is C39H55ClN6O7S. The van der Waals surface area contributed by atoms with E-state index in [2.05, 4.69) is 51.6 Å². The number of aliphatic hydroxyl groups is 1. The molecule has 1 unspecified atom stereocenters. The van der Waals surface area contributed by atoms with Crippen molar-refractivity contribution in [2.45, 2.75) is 65.0 Å². The molecule has 3 amide bonds. The molecule has 2 aliphatic heterocycles. The largest absolute Gasteiger partial charge is 0.392 e. The first-order valence-corrected chi connectivity index (χ1v) is 20.4. The third kappa shape index (κ3) is 19.7. The molecule has 15 heteroatoms. The number of halogens is 1. The van der Waals surface area contributed by atoms with Gasteiger partial charge in [0.05, 0.1) is 26.0 Å². The first-order valence-electron chi connectivity index (χ1n) is 18.1. The Hall–Kier alpha value is -4.21. The fraction of sp³-hybridized carbons (Fsp3) is 0.462. The van der Waals surface area contributed by atoms with E-state index < -0.39 is 52.7 Å². The molecule has 2 aromatic carbocycles. The molecule has 1 aromatic heterocycles. The molecule has 296 valence electrons. The number of hydrogen-bond acceptors (Lipinski definition) is 9. The van der Waals surface area contributed by atoms with Crippen LogP contribution in [0.25, 0.3) is 0 Å². The number of hydrogen-bond donors (Lipinski definition) is 5. The number of carbonyl (C=O) groups is 4. The van der Waals surface area contributed by atoms with E-state index in [4.69, 9.17) is 16.7 Å². The van der Waals surface area contributed by atoms with E-state index >= 15 is 0 Å². The van der Waals surface area contributed by atoms with Crippen molar-refractivity contribution >= 4 is 45.1 Å². The average molecular weight is 787 g/mol. The minimum atomic E-state index is -3.53. The van der Waals surface area contributed by atoms with Crippen molar-refractivity contribution in [1.29, 1.82) is 0 Å². The molecular weight excluding hydrogens is 732 g/mol. The van der Waals surface area contributed by atoms with Crippen molar-refractivity contribution < 1.29 is 32.7 Å². The first kappa shape index (κ1) is 45.9. The van der Waals surface area contributed by atoms with Crippen molar-refractivity contribution in [3.05, 3.63) is 101 Å². The Labute approximate surface area is 324 Å². The Morgan fingerprint density at radius 2 is 1.59 bits per heavy atom. The van der Waals surface area contributed by atoms with Crippen LogP contribution in [0.1, 0.15) is 55.8 Å². The third-order valence-corrected chi connectivity index (χ3v) is 9.42. The lowest BCUT2D eigenvalue weighted by Crippen LogP contribution is -2.50. The summed E-state index contributed by atoms with van der Waals surface area (Å²) in [7, 11) is -3.53. The van der Waals surface area contributed by atoms with Crippen LogP contribution in [0, 0.1) is 12.8 Å². The van der Waals surface area contributed by atoms with Gasteiger partial charge in [-0.2, -0.15) is 0 Å². The zero-order chi connectivity index (χ0) is 39.8. The van der Waals surface area contributed by atoms with Crippen LogP contribution in [-0.2, 0) is 42.2 Å². The minimum Gasteiger partial charge on any atom is -0.392 e. The fourth-order valence-corrected chi connectivity index (χ4v) is 5.87.